The molecule has 0 spiro atoms. The largest absolute Gasteiger partial charge is 0.494 e. The van der Waals surface area contributed by atoms with Gasteiger partial charge >= 0.3 is 0 Å². The number of rotatable bonds is 8. The maximum Gasteiger partial charge on any atom is 0.266 e. The highest BCUT2D eigenvalue weighted by Gasteiger charge is 2.39. The predicted octanol–water partition coefficient (Wildman–Crippen LogP) is 4.40. The van der Waals surface area contributed by atoms with Gasteiger partial charge in [0.15, 0.2) is 4.80 Å². The van der Waals surface area contributed by atoms with Crippen LogP contribution in [0.5, 0.6) is 5.75 Å². The van der Waals surface area contributed by atoms with Crippen LogP contribution in [-0.2, 0) is 21.4 Å². The molecule has 1 amide bonds. The number of aromatic nitrogens is 1. The van der Waals surface area contributed by atoms with Crippen molar-refractivity contribution >= 4 is 60.8 Å². The summed E-state index contributed by atoms with van der Waals surface area (Å²) >= 11 is 9.04. The zero-order valence-corrected chi connectivity index (χ0v) is 22.1. The Hall–Kier alpha value is -1.85. The number of aryl methyl sites for hydroxylation is 1. The molecule has 4 rings (SSSR count). The zero-order valence-electron chi connectivity index (χ0n) is 18.9. The summed E-state index contributed by atoms with van der Waals surface area (Å²) in [5.41, 5.74) is 0.978. The van der Waals surface area contributed by atoms with Gasteiger partial charge in [-0.05, 0) is 68.5 Å². The lowest BCUT2D eigenvalue weighted by Gasteiger charge is -2.21. The van der Waals surface area contributed by atoms with Crippen molar-refractivity contribution in [3.63, 3.8) is 0 Å². The summed E-state index contributed by atoms with van der Waals surface area (Å²) in [7, 11) is -3.83. The molecule has 0 radical (unpaired) electrons. The normalized spacial score (nSPS) is 17.5. The lowest BCUT2D eigenvalue weighted by atomic mass is 10.2. The number of thioether (sulfide) groups is 1. The first-order valence-electron chi connectivity index (χ1n) is 11.0. The summed E-state index contributed by atoms with van der Waals surface area (Å²) in [5, 5.41) is 0.454. The molecule has 0 saturated carbocycles. The first-order valence-corrected chi connectivity index (χ1v) is 15.0. The molecule has 182 valence electrons. The van der Waals surface area contributed by atoms with E-state index in [2.05, 4.69) is 4.99 Å². The molecule has 34 heavy (non-hydrogen) atoms. The highest BCUT2D eigenvalue weighted by molar-refractivity contribution is 7.98. The molecule has 2 heterocycles. The first kappa shape index (κ1) is 25.2. The van der Waals surface area contributed by atoms with Crippen molar-refractivity contribution in [3.05, 3.63) is 52.3 Å². The molecule has 1 atom stereocenters. The van der Waals surface area contributed by atoms with E-state index in [-0.39, 0.29) is 11.4 Å². The van der Waals surface area contributed by atoms with Gasteiger partial charge in [0.25, 0.3) is 5.91 Å². The zero-order chi connectivity index (χ0) is 24.3. The van der Waals surface area contributed by atoms with Crippen molar-refractivity contribution in [2.24, 2.45) is 4.99 Å². The molecule has 1 unspecified atom stereocenters. The van der Waals surface area contributed by atoms with Crippen molar-refractivity contribution in [2.75, 3.05) is 25.2 Å². The van der Waals surface area contributed by atoms with E-state index in [1.54, 1.807) is 11.8 Å². The minimum Gasteiger partial charge on any atom is -0.494 e. The van der Waals surface area contributed by atoms with Crippen LogP contribution in [0.25, 0.3) is 10.2 Å². The van der Waals surface area contributed by atoms with Gasteiger partial charge < -0.3 is 9.30 Å². The molecule has 1 aliphatic rings. The average molecular weight is 540 g/mol. The van der Waals surface area contributed by atoms with Gasteiger partial charge in [0.05, 0.1) is 21.7 Å². The molecule has 1 saturated heterocycles. The lowest BCUT2D eigenvalue weighted by molar-refractivity contribution is -0.121. The number of hydrogen-bond donors (Lipinski definition) is 0. The number of nitrogens with zero attached hydrogens (tertiary/aromatic N) is 3. The van der Waals surface area contributed by atoms with Crippen LogP contribution >= 0.6 is 34.7 Å². The number of fused-ring (bicyclic) bond motifs is 1. The Kier molecular flexibility index (Phi) is 8.04. The van der Waals surface area contributed by atoms with Crippen LogP contribution in [0.1, 0.15) is 19.8 Å². The molecule has 7 nitrogen and oxygen atoms in total. The molecule has 1 fully saturated rings. The number of halogens is 1. The second kappa shape index (κ2) is 10.8. The standard InChI is InChI=1S/C23H26ClN3O4S3/c1-3-31-17-8-11-19-21(15-17)33-23(26(19)13-14-32-2)25-22(28)20-5-4-12-27(20)34(29,30)18-9-6-16(24)7-10-18/h6-11,15,20H,3-5,12-14H2,1-2H3. The fourth-order valence-corrected chi connectivity index (χ4v) is 7.21. The molecule has 0 aliphatic carbocycles. The second-order valence-corrected chi connectivity index (χ2v) is 12.1. The third-order valence-corrected chi connectivity index (χ3v) is 9.41. The minimum absolute atomic E-state index is 0.122. The van der Waals surface area contributed by atoms with Gasteiger partial charge in [0.2, 0.25) is 10.0 Å². The van der Waals surface area contributed by atoms with E-state index < -0.39 is 22.0 Å². The predicted molar refractivity (Wildman–Crippen MR) is 138 cm³/mol. The quantitative estimate of drug-likeness (QED) is 0.424. The molecule has 11 heteroatoms. The summed E-state index contributed by atoms with van der Waals surface area (Å²) in [4.78, 5) is 18.4. The van der Waals surface area contributed by atoms with Crippen LogP contribution in [0.15, 0.2) is 52.4 Å². The molecular formula is C23H26ClN3O4S3. The topological polar surface area (TPSA) is 81.0 Å². The van der Waals surface area contributed by atoms with E-state index in [1.165, 1.54) is 39.9 Å². The average Bonchev–Trinajstić information content (AvgIpc) is 3.43. The Labute approximate surface area is 212 Å². The molecule has 1 aromatic heterocycles. The highest BCUT2D eigenvalue weighted by atomic mass is 35.5. The molecule has 3 aromatic rings. The fourth-order valence-electron chi connectivity index (χ4n) is 3.98. The van der Waals surface area contributed by atoms with Crippen molar-refractivity contribution in [1.29, 1.82) is 0 Å². The van der Waals surface area contributed by atoms with E-state index in [9.17, 15) is 13.2 Å². The van der Waals surface area contributed by atoms with Crippen molar-refractivity contribution in [2.45, 2.75) is 37.2 Å². The second-order valence-electron chi connectivity index (χ2n) is 7.77. The SMILES string of the molecule is CCOc1ccc2c(c1)sc(=NC(=O)C1CCCN1S(=O)(=O)c1ccc(Cl)cc1)n2CCSC. The Morgan fingerprint density at radius 1 is 1.26 bits per heavy atom. The van der Waals surface area contributed by atoms with Crippen LogP contribution in [0.4, 0.5) is 0 Å². The number of carbonyl (C=O) groups is 1. The number of sulfonamides is 1. The summed E-state index contributed by atoms with van der Waals surface area (Å²) < 4.78 is 36.3. The minimum atomic E-state index is -3.83. The number of carbonyl (C=O) groups excluding carboxylic acids is 1. The van der Waals surface area contributed by atoms with Gasteiger partial charge in [-0.25, -0.2) is 8.42 Å². The number of hydrogen-bond acceptors (Lipinski definition) is 6. The third-order valence-electron chi connectivity index (χ3n) is 5.60. The fraction of sp³-hybridized carbons (Fsp3) is 0.391. The van der Waals surface area contributed by atoms with E-state index in [0.717, 1.165) is 21.7 Å². The number of benzene rings is 2. The van der Waals surface area contributed by atoms with E-state index in [4.69, 9.17) is 16.3 Å². The molecule has 0 N–H and O–H groups in total. The summed E-state index contributed by atoms with van der Waals surface area (Å²) in [6.07, 6.45) is 3.08. The molecular weight excluding hydrogens is 514 g/mol. The monoisotopic (exact) mass is 539 g/mol. The molecule has 2 aromatic carbocycles. The van der Waals surface area contributed by atoms with Gasteiger partial charge in [-0.3, -0.25) is 4.79 Å². The van der Waals surface area contributed by atoms with E-state index in [1.807, 2.05) is 35.9 Å². The maximum absolute atomic E-state index is 13.3. The van der Waals surface area contributed by atoms with Gasteiger partial charge in [0, 0.05) is 23.9 Å². The number of thiazole rings is 1. The van der Waals surface area contributed by atoms with Crippen LogP contribution in [0.2, 0.25) is 5.02 Å². The smallest absolute Gasteiger partial charge is 0.266 e. The van der Waals surface area contributed by atoms with Gasteiger partial charge in [-0.15, -0.1) is 0 Å². The van der Waals surface area contributed by atoms with Crippen molar-refractivity contribution in [3.8, 4) is 5.75 Å². The van der Waals surface area contributed by atoms with Crippen LogP contribution in [-0.4, -0.2) is 54.4 Å². The van der Waals surface area contributed by atoms with Gasteiger partial charge in [-0.1, -0.05) is 22.9 Å². The van der Waals surface area contributed by atoms with E-state index in [0.29, 0.717) is 35.8 Å². The third kappa shape index (κ3) is 5.21. The van der Waals surface area contributed by atoms with Crippen LogP contribution < -0.4 is 9.54 Å². The first-order chi connectivity index (χ1) is 16.3. The van der Waals surface area contributed by atoms with E-state index >= 15 is 0 Å². The van der Waals surface area contributed by atoms with Gasteiger partial charge in [0.1, 0.15) is 11.8 Å². The Morgan fingerprint density at radius 2 is 2.03 bits per heavy atom. The number of amides is 1. The Morgan fingerprint density at radius 3 is 2.74 bits per heavy atom. The Bertz CT molecular complexity index is 1350. The summed E-state index contributed by atoms with van der Waals surface area (Å²) in [5.74, 6) is 1.19. The van der Waals surface area contributed by atoms with Crippen molar-refractivity contribution in [1.82, 2.24) is 8.87 Å². The molecule has 1 aliphatic heterocycles. The lowest BCUT2D eigenvalue weighted by Crippen LogP contribution is -2.40. The highest BCUT2D eigenvalue weighted by Crippen LogP contribution is 2.28. The van der Waals surface area contributed by atoms with Crippen molar-refractivity contribution < 1.29 is 17.9 Å². The van der Waals surface area contributed by atoms with Crippen LogP contribution in [0.3, 0.4) is 0 Å². The van der Waals surface area contributed by atoms with Gasteiger partial charge in [-0.2, -0.15) is 21.1 Å². The van der Waals surface area contributed by atoms with Crippen LogP contribution in [0, 0.1) is 0 Å². The molecule has 0 bridgehead atoms. The Balaban J connectivity index is 1.70. The summed E-state index contributed by atoms with van der Waals surface area (Å²) in [6.45, 7) is 3.48. The maximum atomic E-state index is 13.3. The number of ether oxygens (including phenoxy) is 1. The summed E-state index contributed by atoms with van der Waals surface area (Å²) in [6, 6.07) is 11.0.